The minimum Gasteiger partial charge on any atom is -0.491 e. The molecule has 94 valence electrons. The molecule has 0 bridgehead atoms. The molecule has 2 N–H and O–H groups in total. The molecule has 0 unspecified atom stereocenters. The number of ether oxygens (including phenoxy) is 2. The van der Waals surface area contributed by atoms with Crippen molar-refractivity contribution < 1.29 is 14.3 Å². The minimum absolute atomic E-state index is 0.333. The summed E-state index contributed by atoms with van der Waals surface area (Å²) in [7, 11) is 0. The topological polar surface area (TPSA) is 61.5 Å². The van der Waals surface area contributed by atoms with Crippen LogP contribution in [0.15, 0.2) is 18.2 Å². The van der Waals surface area contributed by atoms with Crippen LogP contribution in [-0.4, -0.2) is 19.2 Å². The molecular weight excluding hydrogens is 218 g/mol. The zero-order valence-corrected chi connectivity index (χ0v) is 10.4. The summed E-state index contributed by atoms with van der Waals surface area (Å²) >= 11 is 0. The number of hydrogen-bond acceptors (Lipinski definition) is 4. The van der Waals surface area contributed by atoms with Crippen LogP contribution >= 0.6 is 0 Å². The SMILES string of the molecule is CCCCOc1cccc(C(=O)OCC)c1N. The number of carbonyl (C=O) groups is 1. The largest absolute Gasteiger partial charge is 0.491 e. The van der Waals surface area contributed by atoms with Crippen LogP contribution in [0.2, 0.25) is 0 Å². The van der Waals surface area contributed by atoms with Crippen molar-refractivity contribution in [2.75, 3.05) is 18.9 Å². The van der Waals surface area contributed by atoms with E-state index in [0.717, 1.165) is 12.8 Å². The van der Waals surface area contributed by atoms with Gasteiger partial charge in [-0.25, -0.2) is 4.79 Å². The molecule has 1 aromatic rings. The predicted molar refractivity (Wildman–Crippen MR) is 67.2 cm³/mol. The summed E-state index contributed by atoms with van der Waals surface area (Å²) < 4.78 is 10.4. The Kier molecular flexibility index (Phi) is 5.33. The lowest BCUT2D eigenvalue weighted by Gasteiger charge is -2.11. The molecule has 0 aliphatic carbocycles. The van der Waals surface area contributed by atoms with Crippen molar-refractivity contribution in [2.45, 2.75) is 26.7 Å². The van der Waals surface area contributed by atoms with Gasteiger partial charge in [0, 0.05) is 0 Å². The monoisotopic (exact) mass is 237 g/mol. The number of esters is 1. The molecule has 1 rings (SSSR count). The average molecular weight is 237 g/mol. The Hall–Kier alpha value is -1.71. The third-order valence-electron chi connectivity index (χ3n) is 2.32. The Morgan fingerprint density at radius 1 is 1.35 bits per heavy atom. The number of para-hydroxylation sites is 1. The van der Waals surface area contributed by atoms with Gasteiger partial charge in [0.15, 0.2) is 0 Å². The standard InChI is InChI=1S/C13H19NO3/c1-3-5-9-17-11-8-6-7-10(12(11)14)13(15)16-4-2/h6-8H,3-5,9,14H2,1-2H3. The van der Waals surface area contributed by atoms with Gasteiger partial charge < -0.3 is 15.2 Å². The van der Waals surface area contributed by atoms with Crippen molar-refractivity contribution >= 4 is 11.7 Å². The van der Waals surface area contributed by atoms with E-state index in [2.05, 4.69) is 6.92 Å². The van der Waals surface area contributed by atoms with Crippen LogP contribution < -0.4 is 10.5 Å². The lowest BCUT2D eigenvalue weighted by atomic mass is 10.1. The van der Waals surface area contributed by atoms with Gasteiger partial charge in [0.1, 0.15) is 5.75 Å². The fraction of sp³-hybridized carbons (Fsp3) is 0.462. The second-order valence-corrected chi connectivity index (χ2v) is 3.64. The first-order valence-electron chi connectivity index (χ1n) is 5.89. The van der Waals surface area contributed by atoms with Gasteiger partial charge in [-0.2, -0.15) is 0 Å². The molecular formula is C13H19NO3. The molecule has 0 aliphatic rings. The van der Waals surface area contributed by atoms with E-state index < -0.39 is 5.97 Å². The Balaban J connectivity index is 2.79. The van der Waals surface area contributed by atoms with Gasteiger partial charge in [-0.1, -0.05) is 19.4 Å². The van der Waals surface area contributed by atoms with Crippen LogP contribution in [0.5, 0.6) is 5.75 Å². The molecule has 0 radical (unpaired) electrons. The van der Waals surface area contributed by atoms with Crippen molar-refractivity contribution in [1.82, 2.24) is 0 Å². The number of carbonyl (C=O) groups excluding carboxylic acids is 1. The molecule has 0 fully saturated rings. The molecule has 0 atom stereocenters. The minimum atomic E-state index is -0.411. The molecule has 0 spiro atoms. The van der Waals surface area contributed by atoms with Gasteiger partial charge >= 0.3 is 5.97 Å². The molecule has 0 aromatic heterocycles. The summed E-state index contributed by atoms with van der Waals surface area (Å²) in [6, 6.07) is 5.14. The van der Waals surface area contributed by atoms with Crippen LogP contribution in [0.25, 0.3) is 0 Å². The van der Waals surface area contributed by atoms with Gasteiger partial charge in [0.05, 0.1) is 24.5 Å². The van der Waals surface area contributed by atoms with Crippen molar-refractivity contribution in [1.29, 1.82) is 0 Å². The van der Waals surface area contributed by atoms with Crippen LogP contribution in [0, 0.1) is 0 Å². The highest BCUT2D eigenvalue weighted by Crippen LogP contribution is 2.26. The fourth-order valence-corrected chi connectivity index (χ4v) is 1.38. The van der Waals surface area contributed by atoms with E-state index in [9.17, 15) is 4.79 Å². The number of nitrogen functional groups attached to an aromatic ring is 1. The second kappa shape index (κ2) is 6.78. The first-order valence-corrected chi connectivity index (χ1v) is 5.89. The van der Waals surface area contributed by atoms with Crippen LogP contribution in [0.3, 0.4) is 0 Å². The number of unbranched alkanes of at least 4 members (excludes halogenated alkanes) is 1. The Labute approximate surface area is 102 Å². The van der Waals surface area contributed by atoms with Crippen molar-refractivity contribution in [3.8, 4) is 5.75 Å². The van der Waals surface area contributed by atoms with E-state index in [4.69, 9.17) is 15.2 Å². The van der Waals surface area contributed by atoms with E-state index in [1.54, 1.807) is 25.1 Å². The lowest BCUT2D eigenvalue weighted by Crippen LogP contribution is -2.09. The second-order valence-electron chi connectivity index (χ2n) is 3.64. The quantitative estimate of drug-likeness (QED) is 0.469. The molecule has 1 aromatic carbocycles. The Morgan fingerprint density at radius 3 is 2.76 bits per heavy atom. The van der Waals surface area contributed by atoms with Crippen LogP contribution in [-0.2, 0) is 4.74 Å². The predicted octanol–water partition coefficient (Wildman–Crippen LogP) is 2.62. The summed E-state index contributed by atoms with van der Waals surface area (Å²) in [5, 5.41) is 0. The van der Waals surface area contributed by atoms with Crippen LogP contribution in [0.4, 0.5) is 5.69 Å². The van der Waals surface area contributed by atoms with Crippen molar-refractivity contribution in [3.63, 3.8) is 0 Å². The molecule has 0 saturated carbocycles. The van der Waals surface area contributed by atoms with Gasteiger partial charge in [0.2, 0.25) is 0 Å². The van der Waals surface area contributed by atoms with Gasteiger partial charge in [-0.05, 0) is 25.5 Å². The zero-order valence-electron chi connectivity index (χ0n) is 10.4. The third kappa shape index (κ3) is 3.66. The fourth-order valence-electron chi connectivity index (χ4n) is 1.38. The maximum atomic E-state index is 11.6. The molecule has 17 heavy (non-hydrogen) atoms. The molecule has 0 amide bonds. The molecule has 0 aliphatic heterocycles. The highest BCUT2D eigenvalue weighted by Gasteiger charge is 2.13. The summed E-state index contributed by atoms with van der Waals surface area (Å²) in [5.74, 6) is 0.134. The van der Waals surface area contributed by atoms with E-state index in [0.29, 0.717) is 30.2 Å². The van der Waals surface area contributed by atoms with Gasteiger partial charge in [-0.15, -0.1) is 0 Å². The number of nitrogens with two attached hydrogens (primary N) is 1. The van der Waals surface area contributed by atoms with Gasteiger partial charge in [-0.3, -0.25) is 0 Å². The number of anilines is 1. The average Bonchev–Trinajstić information content (AvgIpc) is 2.32. The number of benzene rings is 1. The Morgan fingerprint density at radius 2 is 2.12 bits per heavy atom. The summed E-state index contributed by atoms with van der Waals surface area (Å²) in [5.41, 5.74) is 6.58. The van der Waals surface area contributed by atoms with Crippen molar-refractivity contribution in [3.05, 3.63) is 23.8 Å². The third-order valence-corrected chi connectivity index (χ3v) is 2.32. The maximum Gasteiger partial charge on any atom is 0.340 e. The summed E-state index contributed by atoms with van der Waals surface area (Å²) in [6.45, 7) is 4.78. The Bertz CT molecular complexity index is 377. The van der Waals surface area contributed by atoms with E-state index in [1.165, 1.54) is 0 Å². The first-order chi connectivity index (χ1) is 8.20. The maximum absolute atomic E-state index is 11.6. The highest BCUT2D eigenvalue weighted by molar-refractivity contribution is 5.96. The smallest absolute Gasteiger partial charge is 0.340 e. The number of hydrogen-bond donors (Lipinski definition) is 1. The van der Waals surface area contributed by atoms with Crippen molar-refractivity contribution in [2.24, 2.45) is 0 Å². The van der Waals surface area contributed by atoms with E-state index in [-0.39, 0.29) is 0 Å². The normalized spacial score (nSPS) is 10.0. The first kappa shape index (κ1) is 13.4. The lowest BCUT2D eigenvalue weighted by molar-refractivity contribution is 0.0527. The molecule has 0 heterocycles. The van der Waals surface area contributed by atoms with E-state index >= 15 is 0 Å². The zero-order chi connectivity index (χ0) is 12.7. The van der Waals surface area contributed by atoms with E-state index in [1.807, 2.05) is 0 Å². The van der Waals surface area contributed by atoms with Gasteiger partial charge in [0.25, 0.3) is 0 Å². The molecule has 4 heteroatoms. The highest BCUT2D eigenvalue weighted by atomic mass is 16.5. The summed E-state index contributed by atoms with van der Waals surface area (Å²) in [4.78, 5) is 11.6. The van der Waals surface area contributed by atoms with Crippen LogP contribution in [0.1, 0.15) is 37.0 Å². The molecule has 0 saturated heterocycles. The molecule has 4 nitrogen and oxygen atoms in total. The summed E-state index contributed by atoms with van der Waals surface area (Å²) in [6.07, 6.45) is 2.01. The number of rotatable bonds is 6.